The van der Waals surface area contributed by atoms with E-state index in [9.17, 15) is 4.79 Å². The van der Waals surface area contributed by atoms with Gasteiger partial charge in [-0.05, 0) is 24.1 Å². The topological polar surface area (TPSA) is 75.0 Å². The molecule has 0 aliphatic carbocycles. The molecule has 1 aromatic carbocycles. The number of halogens is 2. The lowest BCUT2D eigenvalue weighted by Crippen LogP contribution is -2.55. The normalized spacial score (nSPS) is 14.6. The minimum Gasteiger partial charge on any atom is -0.497 e. The summed E-state index contributed by atoms with van der Waals surface area (Å²) in [5.74, 6) is 1.48. The van der Waals surface area contributed by atoms with Gasteiger partial charge in [0.15, 0.2) is 5.96 Å². The van der Waals surface area contributed by atoms with Crippen molar-refractivity contribution in [3.8, 4) is 5.75 Å². The average Bonchev–Trinajstić information content (AvgIpc) is 3.12. The Morgan fingerprint density at radius 1 is 1.38 bits per heavy atom. The van der Waals surface area contributed by atoms with Gasteiger partial charge in [0.05, 0.1) is 19.0 Å². The molecule has 1 amide bonds. The lowest BCUT2D eigenvalue weighted by Gasteiger charge is -2.35. The first-order valence-corrected chi connectivity index (χ1v) is 9.46. The third kappa shape index (κ3) is 5.75. The van der Waals surface area contributed by atoms with Gasteiger partial charge in [0.1, 0.15) is 12.3 Å². The van der Waals surface area contributed by atoms with E-state index in [0.29, 0.717) is 30.6 Å². The first kappa shape index (κ1) is 23.3. The number of nitrogens with one attached hydrogen (secondary N) is 1. The van der Waals surface area contributed by atoms with Crippen LogP contribution in [0.1, 0.15) is 5.56 Å². The number of aryl methyl sites for hydroxylation is 1. The van der Waals surface area contributed by atoms with E-state index >= 15 is 0 Å². The Morgan fingerprint density at radius 3 is 2.76 bits per heavy atom. The fourth-order valence-electron chi connectivity index (χ4n) is 3.17. The first-order valence-electron chi connectivity index (χ1n) is 9.09. The molecular formula is C19H26ClIN6O2. The summed E-state index contributed by atoms with van der Waals surface area (Å²) in [5.41, 5.74) is 1.85. The molecule has 0 atom stereocenters. The third-order valence-electron chi connectivity index (χ3n) is 4.67. The number of methoxy groups -OCH3 is 1. The highest BCUT2D eigenvalue weighted by Gasteiger charge is 2.27. The first-order chi connectivity index (χ1) is 13.5. The highest BCUT2D eigenvalue weighted by Crippen LogP contribution is 2.22. The number of guanidine groups is 1. The van der Waals surface area contributed by atoms with Gasteiger partial charge in [-0.3, -0.25) is 14.5 Å². The van der Waals surface area contributed by atoms with Crippen LogP contribution in [0.25, 0.3) is 0 Å². The van der Waals surface area contributed by atoms with Gasteiger partial charge >= 0.3 is 0 Å². The van der Waals surface area contributed by atoms with Gasteiger partial charge in [-0.2, -0.15) is 5.10 Å². The van der Waals surface area contributed by atoms with Crippen LogP contribution in [0.5, 0.6) is 5.75 Å². The number of aliphatic imine (C=N–C) groups is 1. The lowest BCUT2D eigenvalue weighted by molar-refractivity contribution is -0.120. The molecule has 0 radical (unpaired) electrons. The van der Waals surface area contributed by atoms with Crippen molar-refractivity contribution < 1.29 is 9.53 Å². The van der Waals surface area contributed by atoms with Gasteiger partial charge < -0.3 is 19.9 Å². The molecule has 158 valence electrons. The van der Waals surface area contributed by atoms with Gasteiger partial charge in [-0.15, -0.1) is 24.0 Å². The minimum absolute atomic E-state index is 0. The molecule has 1 aliphatic heterocycles. The van der Waals surface area contributed by atoms with Crippen LogP contribution in [0.4, 0.5) is 5.69 Å². The van der Waals surface area contributed by atoms with Crippen LogP contribution < -0.4 is 15.0 Å². The van der Waals surface area contributed by atoms with Crippen LogP contribution in [0, 0.1) is 0 Å². The van der Waals surface area contributed by atoms with Crippen molar-refractivity contribution in [3.05, 3.63) is 41.2 Å². The number of anilines is 1. The molecular weight excluding hydrogens is 507 g/mol. The summed E-state index contributed by atoms with van der Waals surface area (Å²) in [7, 11) is 5.18. The summed E-state index contributed by atoms with van der Waals surface area (Å²) in [4.78, 5) is 20.6. The molecule has 0 spiro atoms. The number of benzene rings is 1. The van der Waals surface area contributed by atoms with E-state index < -0.39 is 0 Å². The van der Waals surface area contributed by atoms with Crippen molar-refractivity contribution >= 4 is 53.1 Å². The highest BCUT2D eigenvalue weighted by molar-refractivity contribution is 14.0. The van der Waals surface area contributed by atoms with E-state index in [1.165, 1.54) is 0 Å². The number of rotatable bonds is 5. The second-order valence-electron chi connectivity index (χ2n) is 6.52. The van der Waals surface area contributed by atoms with Crippen molar-refractivity contribution in [1.29, 1.82) is 0 Å². The van der Waals surface area contributed by atoms with Crippen LogP contribution in [-0.2, 0) is 18.3 Å². The van der Waals surface area contributed by atoms with Gasteiger partial charge in [0, 0.05) is 44.9 Å². The van der Waals surface area contributed by atoms with E-state index in [1.54, 1.807) is 29.9 Å². The number of hydrogen-bond acceptors (Lipinski definition) is 4. The number of amides is 1. The molecule has 1 fully saturated rings. The number of carbonyl (C=O) groups is 1. The Hall–Kier alpha value is -2.01. The number of nitrogens with zero attached hydrogens (tertiary/aromatic N) is 5. The molecule has 0 saturated carbocycles. The zero-order valence-corrected chi connectivity index (χ0v) is 19.8. The maximum absolute atomic E-state index is 12.6. The molecule has 1 aromatic heterocycles. The fraction of sp³-hybridized carbons (Fsp3) is 0.421. The zero-order valence-electron chi connectivity index (χ0n) is 16.8. The van der Waals surface area contributed by atoms with E-state index in [0.717, 1.165) is 23.4 Å². The maximum atomic E-state index is 12.6. The lowest BCUT2D eigenvalue weighted by atomic mass is 10.1. The SMILES string of the molecule is CN=C(NCCc1ccc(OC)cc1Cl)N1CCN(c2cnn(C)c2)C(=O)C1.I. The number of carbonyl (C=O) groups excluding carboxylic acids is 1. The minimum atomic E-state index is 0. The van der Waals surface area contributed by atoms with E-state index in [1.807, 2.05) is 36.3 Å². The Kier molecular flexibility index (Phi) is 8.57. The number of piperazine rings is 1. The summed E-state index contributed by atoms with van der Waals surface area (Å²) in [5, 5.41) is 8.14. The Morgan fingerprint density at radius 2 is 2.17 bits per heavy atom. The van der Waals surface area contributed by atoms with Gasteiger partial charge in [0.2, 0.25) is 5.91 Å². The van der Waals surface area contributed by atoms with Crippen LogP contribution in [0.2, 0.25) is 5.02 Å². The Balaban J connectivity index is 0.00000300. The summed E-state index contributed by atoms with van der Waals surface area (Å²) in [6.07, 6.45) is 4.30. The van der Waals surface area contributed by atoms with E-state index in [-0.39, 0.29) is 36.4 Å². The predicted molar refractivity (Wildman–Crippen MR) is 126 cm³/mol. The molecule has 10 heteroatoms. The highest BCUT2D eigenvalue weighted by atomic mass is 127. The number of aromatic nitrogens is 2. The molecule has 2 aromatic rings. The molecule has 2 heterocycles. The van der Waals surface area contributed by atoms with Crippen molar-refractivity contribution in [3.63, 3.8) is 0 Å². The largest absolute Gasteiger partial charge is 0.497 e. The third-order valence-corrected chi connectivity index (χ3v) is 5.02. The number of ether oxygens (including phenoxy) is 1. The fourth-order valence-corrected chi connectivity index (χ4v) is 3.44. The van der Waals surface area contributed by atoms with Crippen molar-refractivity contribution in [2.24, 2.45) is 12.0 Å². The van der Waals surface area contributed by atoms with Gasteiger partial charge in [0.25, 0.3) is 0 Å². The zero-order chi connectivity index (χ0) is 20.1. The summed E-state index contributed by atoms with van der Waals surface area (Å²) < 4.78 is 6.87. The van der Waals surface area contributed by atoms with Gasteiger partial charge in [-0.1, -0.05) is 17.7 Å². The molecule has 3 rings (SSSR count). The average molecular weight is 533 g/mol. The smallest absolute Gasteiger partial charge is 0.246 e. The number of hydrogen-bond donors (Lipinski definition) is 1. The van der Waals surface area contributed by atoms with Crippen LogP contribution in [0.3, 0.4) is 0 Å². The summed E-state index contributed by atoms with van der Waals surface area (Å²) in [6, 6.07) is 5.66. The van der Waals surface area contributed by atoms with Crippen molar-refractivity contribution in [2.75, 3.05) is 45.2 Å². The Bertz CT molecular complexity index is 872. The maximum Gasteiger partial charge on any atom is 0.246 e. The summed E-state index contributed by atoms with van der Waals surface area (Å²) in [6.45, 7) is 2.23. The molecule has 0 unspecified atom stereocenters. The quantitative estimate of drug-likeness (QED) is 0.363. The molecule has 0 bridgehead atoms. The van der Waals surface area contributed by atoms with E-state index in [2.05, 4.69) is 15.4 Å². The van der Waals surface area contributed by atoms with Crippen LogP contribution >= 0.6 is 35.6 Å². The monoisotopic (exact) mass is 532 g/mol. The standard InChI is InChI=1S/C19H25ClN6O2.HI/c1-21-19(22-7-6-14-4-5-16(28-3)10-17(14)20)25-8-9-26(18(27)13-25)15-11-23-24(2)12-15;/h4-5,10-12H,6-9,13H2,1-3H3,(H,21,22);1H. The van der Waals surface area contributed by atoms with Crippen LogP contribution in [0.15, 0.2) is 35.6 Å². The molecule has 8 nitrogen and oxygen atoms in total. The Labute approximate surface area is 192 Å². The molecule has 1 saturated heterocycles. The summed E-state index contributed by atoms with van der Waals surface area (Å²) >= 11 is 6.30. The van der Waals surface area contributed by atoms with Crippen molar-refractivity contribution in [2.45, 2.75) is 6.42 Å². The molecule has 1 aliphatic rings. The van der Waals surface area contributed by atoms with Crippen molar-refractivity contribution in [1.82, 2.24) is 20.0 Å². The molecule has 29 heavy (non-hydrogen) atoms. The molecule has 1 N–H and O–H groups in total. The second kappa shape index (κ2) is 10.7. The van der Waals surface area contributed by atoms with Crippen LogP contribution in [-0.4, -0.2) is 66.9 Å². The van der Waals surface area contributed by atoms with E-state index in [4.69, 9.17) is 16.3 Å². The predicted octanol–water partition coefficient (Wildman–Crippen LogP) is 2.17. The second-order valence-corrected chi connectivity index (χ2v) is 6.93. The van der Waals surface area contributed by atoms with Gasteiger partial charge in [-0.25, -0.2) is 0 Å².